The first kappa shape index (κ1) is 19.0. The summed E-state index contributed by atoms with van der Waals surface area (Å²) in [6.45, 7) is 2.16. The maximum Gasteiger partial charge on any atom is 0.220 e. The van der Waals surface area contributed by atoms with Crippen LogP contribution in [-0.2, 0) is 4.79 Å². The zero-order valence-electron chi connectivity index (χ0n) is 15.4. The van der Waals surface area contributed by atoms with Gasteiger partial charge in [0.05, 0.1) is 5.52 Å². The molecule has 0 spiro atoms. The normalized spacial score (nSPS) is 20.1. The van der Waals surface area contributed by atoms with E-state index in [-0.39, 0.29) is 5.91 Å². The van der Waals surface area contributed by atoms with Crippen LogP contribution in [0, 0.1) is 0 Å². The number of aromatic nitrogens is 1. The highest BCUT2D eigenvalue weighted by Gasteiger charge is 2.22. The number of fused-ring (bicyclic) bond motifs is 1. The summed E-state index contributed by atoms with van der Waals surface area (Å²) in [6, 6.07) is 8.61. The van der Waals surface area contributed by atoms with E-state index in [1.165, 1.54) is 0 Å². The van der Waals surface area contributed by atoms with Gasteiger partial charge in [-0.3, -0.25) is 9.78 Å². The van der Waals surface area contributed by atoms with Crippen LogP contribution < -0.4 is 10.6 Å². The number of unbranched alkanes of at least 4 members (excludes halogenated alkanes) is 2. The number of amides is 1. The van der Waals surface area contributed by atoms with Crippen LogP contribution in [0.15, 0.2) is 30.5 Å². The molecule has 1 aromatic heterocycles. The van der Waals surface area contributed by atoms with Crippen molar-refractivity contribution < 1.29 is 4.79 Å². The van der Waals surface area contributed by atoms with Gasteiger partial charge in [-0.05, 0) is 56.4 Å². The van der Waals surface area contributed by atoms with Crippen LogP contribution in [0.2, 0.25) is 5.02 Å². The van der Waals surface area contributed by atoms with E-state index in [0.717, 1.165) is 61.5 Å². The zero-order valence-corrected chi connectivity index (χ0v) is 16.2. The average molecular weight is 374 g/mol. The largest absolute Gasteiger partial charge is 0.382 e. The van der Waals surface area contributed by atoms with Gasteiger partial charge in [0.1, 0.15) is 0 Å². The van der Waals surface area contributed by atoms with Crippen molar-refractivity contribution in [3.8, 4) is 0 Å². The van der Waals surface area contributed by atoms with Crippen molar-refractivity contribution in [3.63, 3.8) is 0 Å². The minimum atomic E-state index is 0.215. The number of nitrogens with zero attached hydrogens (tertiary/aromatic N) is 1. The minimum Gasteiger partial charge on any atom is -0.382 e. The first-order chi connectivity index (χ1) is 12.7. The van der Waals surface area contributed by atoms with Crippen molar-refractivity contribution in [2.24, 2.45) is 0 Å². The third-order valence-electron chi connectivity index (χ3n) is 5.16. The van der Waals surface area contributed by atoms with Gasteiger partial charge in [-0.2, -0.15) is 0 Å². The Morgan fingerprint density at radius 2 is 1.92 bits per heavy atom. The molecule has 1 aliphatic carbocycles. The number of hydrogen-bond donors (Lipinski definition) is 2. The number of nitrogens with one attached hydrogen (secondary N) is 2. The molecule has 0 unspecified atom stereocenters. The van der Waals surface area contributed by atoms with Gasteiger partial charge in [-0.1, -0.05) is 31.4 Å². The lowest BCUT2D eigenvalue weighted by molar-refractivity contribution is -0.122. The highest BCUT2D eigenvalue weighted by atomic mass is 35.5. The second kappa shape index (κ2) is 9.22. The monoisotopic (exact) mass is 373 g/mol. The van der Waals surface area contributed by atoms with E-state index in [1.807, 2.05) is 30.5 Å². The Hall–Kier alpha value is -1.81. The molecule has 1 amide bonds. The predicted molar refractivity (Wildman–Crippen MR) is 109 cm³/mol. The van der Waals surface area contributed by atoms with E-state index in [4.69, 9.17) is 11.6 Å². The van der Waals surface area contributed by atoms with Crippen LogP contribution in [0.5, 0.6) is 0 Å². The van der Waals surface area contributed by atoms with Crippen LogP contribution in [-0.4, -0.2) is 23.0 Å². The second-order valence-corrected chi connectivity index (χ2v) is 7.67. The zero-order chi connectivity index (χ0) is 18.4. The Bertz CT molecular complexity index is 741. The highest BCUT2D eigenvalue weighted by molar-refractivity contribution is 6.31. The maximum atomic E-state index is 12.0. The maximum absolute atomic E-state index is 12.0. The Balaban J connectivity index is 1.51. The molecular weight excluding hydrogens is 346 g/mol. The number of hydrogen-bond acceptors (Lipinski definition) is 3. The molecule has 1 heterocycles. The first-order valence-corrected chi connectivity index (χ1v) is 10.1. The Kier molecular flexibility index (Phi) is 6.73. The fourth-order valence-electron chi connectivity index (χ4n) is 3.68. The molecule has 0 saturated heterocycles. The van der Waals surface area contributed by atoms with E-state index in [9.17, 15) is 4.79 Å². The van der Waals surface area contributed by atoms with Gasteiger partial charge in [0, 0.05) is 40.8 Å². The van der Waals surface area contributed by atoms with Crippen molar-refractivity contribution in [1.82, 2.24) is 10.3 Å². The molecule has 0 aliphatic heterocycles. The van der Waals surface area contributed by atoms with Crippen molar-refractivity contribution in [1.29, 1.82) is 0 Å². The van der Waals surface area contributed by atoms with Crippen LogP contribution in [0.1, 0.15) is 58.3 Å². The molecule has 3 rings (SSSR count). The van der Waals surface area contributed by atoms with Crippen molar-refractivity contribution in [2.75, 3.05) is 5.32 Å². The molecule has 0 radical (unpaired) electrons. The summed E-state index contributed by atoms with van der Waals surface area (Å²) in [6.07, 6.45) is 9.97. The Morgan fingerprint density at radius 3 is 2.69 bits per heavy atom. The third kappa shape index (κ3) is 5.10. The molecule has 1 saturated carbocycles. The van der Waals surface area contributed by atoms with Gasteiger partial charge in [0.2, 0.25) is 5.91 Å². The molecule has 140 valence electrons. The molecule has 4 nitrogen and oxygen atoms in total. The predicted octanol–water partition coefficient (Wildman–Crippen LogP) is 5.31. The van der Waals surface area contributed by atoms with Gasteiger partial charge in [-0.25, -0.2) is 0 Å². The molecule has 26 heavy (non-hydrogen) atoms. The summed E-state index contributed by atoms with van der Waals surface area (Å²) in [4.78, 5) is 16.4. The van der Waals surface area contributed by atoms with Crippen LogP contribution in [0.3, 0.4) is 0 Å². The molecule has 1 aromatic carbocycles. The van der Waals surface area contributed by atoms with Gasteiger partial charge in [-0.15, -0.1) is 0 Å². The number of carbonyl (C=O) groups is 1. The minimum absolute atomic E-state index is 0.215. The van der Waals surface area contributed by atoms with Crippen LogP contribution in [0.25, 0.3) is 10.9 Å². The lowest BCUT2D eigenvalue weighted by Gasteiger charge is -2.30. The summed E-state index contributed by atoms with van der Waals surface area (Å²) in [5, 5.41) is 8.68. The van der Waals surface area contributed by atoms with E-state index in [0.29, 0.717) is 23.5 Å². The second-order valence-electron chi connectivity index (χ2n) is 7.24. The topological polar surface area (TPSA) is 54.0 Å². The number of halogens is 1. The summed E-state index contributed by atoms with van der Waals surface area (Å²) in [5.74, 6) is 0.215. The molecule has 1 fully saturated rings. The molecule has 0 atom stereocenters. The summed E-state index contributed by atoms with van der Waals surface area (Å²) in [5.41, 5.74) is 2.02. The van der Waals surface area contributed by atoms with E-state index >= 15 is 0 Å². The third-order valence-corrected chi connectivity index (χ3v) is 5.40. The molecule has 0 bridgehead atoms. The van der Waals surface area contributed by atoms with Crippen LogP contribution in [0.4, 0.5) is 5.69 Å². The van der Waals surface area contributed by atoms with Gasteiger partial charge in [0.25, 0.3) is 0 Å². The standard InChI is InChI=1S/C21H28ClN3O/c1-2-3-4-5-21(26)25-17-9-7-16(8-10-17)24-19-12-13-23-20-14-15(22)6-11-18(19)20/h6,11-14,16-17H,2-5,7-10H2,1H3,(H,23,24)(H,25,26). The quantitative estimate of drug-likeness (QED) is 0.647. The van der Waals surface area contributed by atoms with Gasteiger partial charge in [0.15, 0.2) is 0 Å². The lowest BCUT2D eigenvalue weighted by Crippen LogP contribution is -2.40. The summed E-state index contributed by atoms with van der Waals surface area (Å²) >= 11 is 6.07. The number of carbonyl (C=O) groups excluding carboxylic acids is 1. The van der Waals surface area contributed by atoms with Crippen molar-refractivity contribution in [2.45, 2.75) is 70.4 Å². The number of benzene rings is 1. The van der Waals surface area contributed by atoms with Crippen molar-refractivity contribution in [3.05, 3.63) is 35.5 Å². The summed E-state index contributed by atoms with van der Waals surface area (Å²) in [7, 11) is 0. The Labute approximate surface area is 160 Å². The van der Waals surface area contributed by atoms with E-state index in [1.54, 1.807) is 0 Å². The highest BCUT2D eigenvalue weighted by Crippen LogP contribution is 2.28. The molecule has 2 aromatic rings. The Morgan fingerprint density at radius 1 is 1.15 bits per heavy atom. The van der Waals surface area contributed by atoms with Crippen molar-refractivity contribution >= 4 is 34.1 Å². The lowest BCUT2D eigenvalue weighted by atomic mass is 9.90. The smallest absolute Gasteiger partial charge is 0.220 e. The molecule has 1 aliphatic rings. The van der Waals surface area contributed by atoms with Crippen LogP contribution >= 0.6 is 11.6 Å². The fourth-order valence-corrected chi connectivity index (χ4v) is 3.85. The van der Waals surface area contributed by atoms with E-state index in [2.05, 4.69) is 22.5 Å². The van der Waals surface area contributed by atoms with Gasteiger partial charge < -0.3 is 10.6 Å². The number of rotatable bonds is 7. The fraction of sp³-hybridized carbons (Fsp3) is 0.524. The molecule has 5 heteroatoms. The number of pyridine rings is 1. The summed E-state index contributed by atoms with van der Waals surface area (Å²) < 4.78 is 0. The number of anilines is 1. The SMILES string of the molecule is CCCCCC(=O)NC1CCC(Nc2ccnc3cc(Cl)ccc23)CC1. The molecular formula is C21H28ClN3O. The average Bonchev–Trinajstić information content (AvgIpc) is 2.63. The van der Waals surface area contributed by atoms with Gasteiger partial charge >= 0.3 is 0 Å². The molecule has 2 N–H and O–H groups in total. The first-order valence-electron chi connectivity index (χ1n) is 9.76. The van der Waals surface area contributed by atoms with E-state index < -0.39 is 0 Å².